The third kappa shape index (κ3) is 4.52. The highest BCUT2D eigenvalue weighted by molar-refractivity contribution is 5.94. The topological polar surface area (TPSA) is 44.4 Å². The Morgan fingerprint density at radius 2 is 1.82 bits per heavy atom. The molecule has 0 bridgehead atoms. The van der Waals surface area contributed by atoms with Gasteiger partial charge in [-0.05, 0) is 63.8 Å². The van der Waals surface area contributed by atoms with Crippen molar-refractivity contribution >= 4 is 11.6 Å². The molecule has 0 unspecified atom stereocenters. The second-order valence-corrected chi connectivity index (χ2v) is 5.63. The van der Waals surface area contributed by atoms with Gasteiger partial charge in [0.15, 0.2) is 0 Å². The average Bonchev–Trinajstić information content (AvgIpc) is 2.83. The molecular weight excluding hydrogens is 274 g/mol. The van der Waals surface area contributed by atoms with Gasteiger partial charge in [-0.2, -0.15) is 0 Å². The molecule has 1 aliphatic rings. The third-order valence-electron chi connectivity index (χ3n) is 4.14. The predicted molar refractivity (Wildman–Crippen MR) is 91.8 cm³/mol. The number of hydrazine groups is 1. The van der Waals surface area contributed by atoms with E-state index in [1.165, 1.54) is 19.3 Å². The Kier molecular flexibility index (Phi) is 6.31. The van der Waals surface area contributed by atoms with Gasteiger partial charge in [0.1, 0.15) is 0 Å². The Hall–Kier alpha value is -1.97. The molecular formula is C18H27N3O. The molecule has 0 atom stereocenters. The first-order valence-corrected chi connectivity index (χ1v) is 8.35. The summed E-state index contributed by atoms with van der Waals surface area (Å²) in [5.74, 6) is -0.0868. The fourth-order valence-electron chi connectivity index (χ4n) is 2.75. The van der Waals surface area contributed by atoms with E-state index >= 15 is 0 Å². The number of anilines is 1. The molecule has 1 aromatic rings. The van der Waals surface area contributed by atoms with E-state index in [0.717, 1.165) is 37.3 Å². The highest BCUT2D eigenvalue weighted by atomic mass is 16.2. The van der Waals surface area contributed by atoms with Crippen LogP contribution in [-0.4, -0.2) is 19.0 Å². The molecule has 4 nitrogen and oxygen atoms in total. The van der Waals surface area contributed by atoms with Crippen molar-refractivity contribution < 1.29 is 4.79 Å². The average molecular weight is 301 g/mol. The van der Waals surface area contributed by atoms with Crippen LogP contribution in [0, 0.1) is 0 Å². The van der Waals surface area contributed by atoms with Gasteiger partial charge in [-0.15, -0.1) is 0 Å². The van der Waals surface area contributed by atoms with Crippen molar-refractivity contribution in [1.82, 2.24) is 10.9 Å². The summed E-state index contributed by atoms with van der Waals surface area (Å²) in [5, 5.41) is 0. The van der Waals surface area contributed by atoms with Gasteiger partial charge in [-0.25, -0.2) is 0 Å². The molecule has 0 fully saturated rings. The van der Waals surface area contributed by atoms with Crippen molar-refractivity contribution in [1.29, 1.82) is 0 Å². The highest BCUT2D eigenvalue weighted by Gasteiger charge is 2.08. The van der Waals surface area contributed by atoms with Gasteiger partial charge in [0.25, 0.3) is 5.91 Å². The van der Waals surface area contributed by atoms with Crippen molar-refractivity contribution in [2.24, 2.45) is 0 Å². The lowest BCUT2D eigenvalue weighted by Crippen LogP contribution is -2.36. The van der Waals surface area contributed by atoms with Crippen molar-refractivity contribution in [2.45, 2.75) is 46.0 Å². The molecule has 0 aliphatic heterocycles. The van der Waals surface area contributed by atoms with Gasteiger partial charge >= 0.3 is 0 Å². The van der Waals surface area contributed by atoms with Gasteiger partial charge < -0.3 is 10.3 Å². The summed E-state index contributed by atoms with van der Waals surface area (Å²) in [6.45, 7) is 6.21. The van der Waals surface area contributed by atoms with Crippen LogP contribution in [0.3, 0.4) is 0 Å². The van der Waals surface area contributed by atoms with Crippen molar-refractivity contribution in [3.05, 3.63) is 41.6 Å². The van der Waals surface area contributed by atoms with Crippen LogP contribution in [0.4, 0.5) is 5.69 Å². The SMILES string of the molecule is CCN(CC)c1ccc(C(=O)NNC2=CCCCCC2)cc1. The Labute approximate surface area is 133 Å². The molecule has 2 N–H and O–H groups in total. The minimum Gasteiger partial charge on any atom is -0.372 e. The van der Waals surface area contributed by atoms with Crippen LogP contribution < -0.4 is 15.8 Å². The Bertz CT molecular complexity index is 504. The summed E-state index contributed by atoms with van der Waals surface area (Å²) in [7, 11) is 0. The van der Waals surface area contributed by atoms with Crippen LogP contribution in [0.15, 0.2) is 36.0 Å². The van der Waals surface area contributed by atoms with Gasteiger partial charge in [0, 0.05) is 30.0 Å². The van der Waals surface area contributed by atoms with E-state index in [4.69, 9.17) is 0 Å². The Morgan fingerprint density at radius 1 is 1.09 bits per heavy atom. The first-order chi connectivity index (χ1) is 10.7. The number of amides is 1. The van der Waals surface area contributed by atoms with E-state index in [2.05, 4.69) is 35.7 Å². The Morgan fingerprint density at radius 3 is 2.50 bits per heavy atom. The van der Waals surface area contributed by atoms with E-state index in [1.54, 1.807) is 0 Å². The lowest BCUT2D eigenvalue weighted by Gasteiger charge is -2.21. The van der Waals surface area contributed by atoms with Crippen molar-refractivity contribution in [3.8, 4) is 0 Å². The van der Waals surface area contributed by atoms with Crippen LogP contribution in [0.5, 0.6) is 0 Å². The number of nitrogens with one attached hydrogen (secondary N) is 2. The lowest BCUT2D eigenvalue weighted by molar-refractivity contribution is 0.0938. The predicted octanol–water partition coefficient (Wildman–Crippen LogP) is 3.62. The maximum atomic E-state index is 12.2. The van der Waals surface area contributed by atoms with E-state index in [-0.39, 0.29) is 5.91 Å². The number of carbonyl (C=O) groups excluding carboxylic acids is 1. The standard InChI is InChI=1S/C18H27N3O/c1-3-21(4-2)17-13-11-15(12-14-17)18(22)20-19-16-9-7-5-6-8-10-16/h9,11-14,19H,3-8,10H2,1-2H3,(H,20,22). The maximum absolute atomic E-state index is 12.2. The van der Waals surface area contributed by atoms with Gasteiger partial charge in [-0.1, -0.05) is 12.5 Å². The highest BCUT2D eigenvalue weighted by Crippen LogP contribution is 2.16. The molecule has 120 valence electrons. The third-order valence-corrected chi connectivity index (χ3v) is 4.14. The summed E-state index contributed by atoms with van der Waals surface area (Å²) in [5.41, 5.74) is 8.84. The van der Waals surface area contributed by atoms with Gasteiger partial charge in [0.2, 0.25) is 0 Å². The number of benzene rings is 1. The second-order valence-electron chi connectivity index (χ2n) is 5.63. The molecule has 0 spiro atoms. The zero-order valence-corrected chi connectivity index (χ0v) is 13.7. The number of rotatable bonds is 6. The zero-order valence-electron chi connectivity index (χ0n) is 13.7. The molecule has 1 amide bonds. The van der Waals surface area contributed by atoms with Crippen LogP contribution in [0.25, 0.3) is 0 Å². The van der Waals surface area contributed by atoms with E-state index in [9.17, 15) is 4.79 Å². The Balaban J connectivity index is 1.90. The number of carbonyl (C=O) groups is 1. The van der Waals surface area contributed by atoms with E-state index < -0.39 is 0 Å². The van der Waals surface area contributed by atoms with E-state index in [1.807, 2.05) is 24.3 Å². The van der Waals surface area contributed by atoms with Gasteiger partial charge in [-0.3, -0.25) is 10.2 Å². The minimum absolute atomic E-state index is 0.0868. The fourth-order valence-corrected chi connectivity index (χ4v) is 2.75. The summed E-state index contributed by atoms with van der Waals surface area (Å²) >= 11 is 0. The molecule has 22 heavy (non-hydrogen) atoms. The first-order valence-electron chi connectivity index (χ1n) is 8.35. The molecule has 0 saturated carbocycles. The summed E-state index contributed by atoms with van der Waals surface area (Å²) in [6, 6.07) is 7.78. The summed E-state index contributed by atoms with van der Waals surface area (Å²) < 4.78 is 0. The number of allylic oxidation sites excluding steroid dienone is 2. The molecule has 1 aromatic carbocycles. The second kappa shape index (κ2) is 8.47. The summed E-state index contributed by atoms with van der Waals surface area (Å²) in [6.07, 6.45) is 8.00. The molecule has 4 heteroatoms. The number of hydrogen-bond acceptors (Lipinski definition) is 3. The molecule has 0 aromatic heterocycles. The smallest absolute Gasteiger partial charge is 0.269 e. The van der Waals surface area contributed by atoms with Gasteiger partial charge in [0.05, 0.1) is 0 Å². The molecule has 0 radical (unpaired) electrons. The van der Waals surface area contributed by atoms with Crippen molar-refractivity contribution in [3.63, 3.8) is 0 Å². The number of nitrogens with zero attached hydrogens (tertiary/aromatic N) is 1. The zero-order chi connectivity index (χ0) is 15.8. The van der Waals surface area contributed by atoms with Crippen LogP contribution in [0.2, 0.25) is 0 Å². The number of hydrogen-bond donors (Lipinski definition) is 2. The quantitative estimate of drug-likeness (QED) is 0.789. The van der Waals surface area contributed by atoms with Crippen LogP contribution >= 0.6 is 0 Å². The summed E-state index contributed by atoms with van der Waals surface area (Å²) in [4.78, 5) is 14.4. The van der Waals surface area contributed by atoms with Crippen LogP contribution in [-0.2, 0) is 0 Å². The first kappa shape index (κ1) is 16.4. The minimum atomic E-state index is -0.0868. The molecule has 0 heterocycles. The van der Waals surface area contributed by atoms with Crippen molar-refractivity contribution in [2.75, 3.05) is 18.0 Å². The lowest BCUT2D eigenvalue weighted by atomic mass is 10.2. The molecule has 1 aliphatic carbocycles. The fraction of sp³-hybridized carbons (Fsp3) is 0.500. The molecule has 0 saturated heterocycles. The van der Waals surface area contributed by atoms with Crippen LogP contribution in [0.1, 0.15) is 56.3 Å². The molecule has 2 rings (SSSR count). The monoisotopic (exact) mass is 301 g/mol. The van der Waals surface area contributed by atoms with E-state index in [0.29, 0.717) is 5.56 Å². The largest absolute Gasteiger partial charge is 0.372 e. The normalized spacial score (nSPS) is 14.7. The maximum Gasteiger partial charge on any atom is 0.269 e.